The van der Waals surface area contributed by atoms with Gasteiger partial charge in [-0.2, -0.15) is 0 Å². The molecule has 1 aromatic heterocycles. The number of carbonyl (C=O) groups excluding carboxylic acids is 1. The number of nitrogens with zero attached hydrogens (tertiary/aromatic N) is 2. The fourth-order valence-corrected chi connectivity index (χ4v) is 4.21. The van der Waals surface area contributed by atoms with Gasteiger partial charge in [0.05, 0.1) is 11.9 Å². The van der Waals surface area contributed by atoms with Crippen LogP contribution in [0, 0.1) is 5.41 Å². The van der Waals surface area contributed by atoms with Gasteiger partial charge in [0, 0.05) is 29.4 Å². The molecule has 210 valence electrons. The van der Waals surface area contributed by atoms with Crippen LogP contribution in [-0.4, -0.2) is 38.5 Å². The second-order valence-corrected chi connectivity index (χ2v) is 9.67. The molecule has 0 unspecified atom stereocenters. The van der Waals surface area contributed by atoms with Crippen molar-refractivity contribution in [2.24, 2.45) is 0 Å². The fourth-order valence-electron chi connectivity index (χ4n) is 4.21. The first kappa shape index (κ1) is 28.6. The number of nitrogen functional groups attached to an aromatic ring is 1. The molecule has 3 aromatic carbocycles. The van der Waals surface area contributed by atoms with E-state index in [4.69, 9.17) is 16.2 Å². The summed E-state index contributed by atoms with van der Waals surface area (Å²) < 4.78 is 1.37. The highest BCUT2D eigenvalue weighted by Gasteiger charge is 2.17. The van der Waals surface area contributed by atoms with Gasteiger partial charge in [0.2, 0.25) is 5.91 Å². The Morgan fingerprint density at radius 2 is 1.68 bits per heavy atom. The highest BCUT2D eigenvalue weighted by molar-refractivity contribution is 6.04. The van der Waals surface area contributed by atoms with Crippen molar-refractivity contribution in [1.29, 1.82) is 5.41 Å². The maximum Gasteiger partial charge on any atom is 0.410 e. The Hall–Kier alpha value is -5.45. The third-order valence-electron chi connectivity index (χ3n) is 6.10. The molecule has 41 heavy (non-hydrogen) atoms. The molecule has 11 nitrogen and oxygen atoms in total. The molecule has 0 fully saturated rings. The van der Waals surface area contributed by atoms with E-state index in [0.717, 1.165) is 16.7 Å². The predicted molar refractivity (Wildman–Crippen MR) is 159 cm³/mol. The lowest BCUT2D eigenvalue weighted by Crippen LogP contribution is -2.35. The number of anilines is 2. The van der Waals surface area contributed by atoms with Gasteiger partial charge in [0.15, 0.2) is 5.82 Å². The normalized spacial score (nSPS) is 10.7. The van der Waals surface area contributed by atoms with Crippen LogP contribution < -0.4 is 27.2 Å². The zero-order chi connectivity index (χ0) is 29.5. The summed E-state index contributed by atoms with van der Waals surface area (Å²) >= 11 is 0. The van der Waals surface area contributed by atoms with Crippen LogP contribution in [0.15, 0.2) is 83.8 Å². The Kier molecular flexibility index (Phi) is 8.78. The molecule has 0 spiro atoms. The first-order valence-corrected chi connectivity index (χ1v) is 12.9. The van der Waals surface area contributed by atoms with Crippen molar-refractivity contribution >= 4 is 29.3 Å². The molecule has 2 amide bonds. The number of aromatic nitrogens is 2. The number of hydrogen-bond acceptors (Lipinski definition) is 7. The van der Waals surface area contributed by atoms with Crippen LogP contribution in [0.2, 0.25) is 0 Å². The van der Waals surface area contributed by atoms with E-state index in [1.807, 2.05) is 61.6 Å². The Labute approximate surface area is 236 Å². The molecule has 0 radical (unpaired) electrons. The second kappa shape index (κ2) is 12.6. The highest BCUT2D eigenvalue weighted by atomic mass is 16.4. The monoisotopic (exact) mass is 553 g/mol. The SMILES string of the molecule is CC(C)Nc1ncc(-c2cc(N)cc(-c3ccccc3)c2)n(CC(=O)NCc2ccc(C(=N)NC(=O)O)cc2)c1=O. The molecule has 1 heterocycles. The molecule has 0 saturated carbocycles. The van der Waals surface area contributed by atoms with Gasteiger partial charge >= 0.3 is 6.09 Å². The van der Waals surface area contributed by atoms with E-state index in [1.165, 1.54) is 4.57 Å². The van der Waals surface area contributed by atoms with Crippen molar-refractivity contribution in [3.8, 4) is 22.4 Å². The summed E-state index contributed by atoms with van der Waals surface area (Å²) in [6, 6.07) is 21.7. The molecule has 4 aromatic rings. The molecule has 11 heteroatoms. The molecule has 7 N–H and O–H groups in total. The quantitative estimate of drug-likeness (QED) is 0.103. The molecule has 0 saturated heterocycles. The van der Waals surface area contributed by atoms with Crippen LogP contribution >= 0.6 is 0 Å². The van der Waals surface area contributed by atoms with Gasteiger partial charge in [-0.3, -0.25) is 24.9 Å². The van der Waals surface area contributed by atoms with Gasteiger partial charge in [0.25, 0.3) is 5.56 Å². The minimum atomic E-state index is -1.32. The number of nitrogens with two attached hydrogens (primary N) is 1. The Bertz CT molecular complexity index is 1630. The number of benzene rings is 3. The van der Waals surface area contributed by atoms with Gasteiger partial charge in [-0.25, -0.2) is 9.78 Å². The zero-order valence-corrected chi connectivity index (χ0v) is 22.6. The van der Waals surface area contributed by atoms with Gasteiger partial charge in [0.1, 0.15) is 12.4 Å². The van der Waals surface area contributed by atoms with E-state index in [-0.39, 0.29) is 30.8 Å². The minimum Gasteiger partial charge on any atom is -0.465 e. The smallest absolute Gasteiger partial charge is 0.410 e. The third kappa shape index (κ3) is 7.35. The summed E-state index contributed by atoms with van der Waals surface area (Å²) in [4.78, 5) is 41.6. The molecule has 0 bridgehead atoms. The van der Waals surface area contributed by atoms with Crippen LogP contribution in [0.1, 0.15) is 25.0 Å². The maximum absolute atomic E-state index is 13.5. The van der Waals surface area contributed by atoms with E-state index in [1.54, 1.807) is 36.5 Å². The Balaban J connectivity index is 1.60. The Morgan fingerprint density at radius 1 is 1.00 bits per heavy atom. The van der Waals surface area contributed by atoms with Gasteiger partial charge in [-0.15, -0.1) is 0 Å². The summed E-state index contributed by atoms with van der Waals surface area (Å²) in [7, 11) is 0. The lowest BCUT2D eigenvalue weighted by Gasteiger charge is -2.17. The largest absolute Gasteiger partial charge is 0.465 e. The lowest BCUT2D eigenvalue weighted by atomic mass is 10.0. The molecule has 0 aliphatic rings. The van der Waals surface area contributed by atoms with Crippen molar-refractivity contribution < 1.29 is 14.7 Å². The number of nitrogens with one attached hydrogen (secondary N) is 4. The fraction of sp³-hybridized carbons (Fsp3) is 0.167. The summed E-state index contributed by atoms with van der Waals surface area (Å²) in [5.74, 6) is -0.510. The van der Waals surface area contributed by atoms with E-state index in [9.17, 15) is 14.4 Å². The first-order valence-electron chi connectivity index (χ1n) is 12.9. The van der Waals surface area contributed by atoms with Crippen LogP contribution in [0.25, 0.3) is 22.4 Å². The van der Waals surface area contributed by atoms with Gasteiger partial charge in [-0.1, -0.05) is 54.6 Å². The van der Waals surface area contributed by atoms with E-state index < -0.39 is 17.6 Å². The van der Waals surface area contributed by atoms with Crippen molar-refractivity contribution in [1.82, 2.24) is 20.2 Å². The van der Waals surface area contributed by atoms with Crippen LogP contribution in [-0.2, 0) is 17.9 Å². The van der Waals surface area contributed by atoms with Crippen molar-refractivity contribution in [2.75, 3.05) is 11.1 Å². The standard InChI is InChI=1S/C30H31N7O4/c1-18(2)35-28-29(39)37(17-26(38)33-15-19-8-10-21(11-9-19)27(32)36-30(40)41)25(16-34-28)23-12-22(13-24(31)14-23)20-6-4-3-5-7-20/h3-14,16,18H,15,17,31H2,1-2H3,(H2,32,36)(H,33,38)(H,34,35)(H,40,41). The van der Waals surface area contributed by atoms with E-state index >= 15 is 0 Å². The minimum absolute atomic E-state index is 0.0458. The summed E-state index contributed by atoms with van der Waals surface area (Å²) in [6.45, 7) is 3.69. The maximum atomic E-state index is 13.5. The van der Waals surface area contributed by atoms with Crippen LogP contribution in [0.3, 0.4) is 0 Å². The number of rotatable bonds is 9. The number of amidine groups is 1. The highest BCUT2D eigenvalue weighted by Crippen LogP contribution is 2.29. The topological polar surface area (TPSA) is 175 Å². The molecule has 4 rings (SSSR count). The van der Waals surface area contributed by atoms with Crippen LogP contribution in [0.4, 0.5) is 16.3 Å². The molecule has 0 aliphatic carbocycles. The lowest BCUT2D eigenvalue weighted by molar-refractivity contribution is -0.121. The van der Waals surface area contributed by atoms with Gasteiger partial charge < -0.3 is 21.5 Å². The number of carboxylic acid groups (broad SMARTS) is 1. The first-order chi connectivity index (χ1) is 19.6. The molecular weight excluding hydrogens is 522 g/mol. The summed E-state index contributed by atoms with van der Waals surface area (Å²) in [6.07, 6.45) is 0.236. The van der Waals surface area contributed by atoms with E-state index in [2.05, 4.69) is 15.6 Å². The average molecular weight is 554 g/mol. The second-order valence-electron chi connectivity index (χ2n) is 9.67. The molecular formula is C30H31N7O4. The van der Waals surface area contributed by atoms with Crippen LogP contribution in [0.5, 0.6) is 0 Å². The average Bonchev–Trinajstić information content (AvgIpc) is 2.94. The number of carbonyl (C=O) groups is 2. The van der Waals surface area contributed by atoms with Gasteiger partial charge in [-0.05, 0) is 48.7 Å². The number of hydrogen-bond donors (Lipinski definition) is 6. The molecule has 0 atom stereocenters. The zero-order valence-electron chi connectivity index (χ0n) is 22.6. The summed E-state index contributed by atoms with van der Waals surface area (Å²) in [5.41, 5.74) is 10.3. The summed E-state index contributed by atoms with van der Waals surface area (Å²) in [5, 5.41) is 24.4. The third-order valence-corrected chi connectivity index (χ3v) is 6.10. The van der Waals surface area contributed by atoms with Crippen molar-refractivity contribution in [2.45, 2.75) is 33.0 Å². The van der Waals surface area contributed by atoms with Crippen molar-refractivity contribution in [3.63, 3.8) is 0 Å². The molecule has 0 aliphatic heterocycles. The van der Waals surface area contributed by atoms with Crippen molar-refractivity contribution in [3.05, 3.63) is 100 Å². The predicted octanol–water partition coefficient (Wildman–Crippen LogP) is 3.89. The number of amides is 2. The van der Waals surface area contributed by atoms with E-state index in [0.29, 0.717) is 22.5 Å². The Morgan fingerprint density at radius 3 is 2.34 bits per heavy atom.